The SMILES string of the molecule is NC(=S)Cc1ccc(S(=O)(=O)NCC2CCSCC2)cc1. The maximum Gasteiger partial charge on any atom is 0.240 e. The van der Waals surface area contributed by atoms with Crippen molar-refractivity contribution in [1.29, 1.82) is 0 Å². The molecule has 0 amide bonds. The summed E-state index contributed by atoms with van der Waals surface area (Å²) in [6.07, 6.45) is 2.66. The Kier molecular flexibility index (Phi) is 6.04. The lowest BCUT2D eigenvalue weighted by Gasteiger charge is -2.21. The van der Waals surface area contributed by atoms with Gasteiger partial charge in [-0.15, -0.1) is 0 Å². The Bertz CT molecular complexity index is 579. The number of hydrogen-bond acceptors (Lipinski definition) is 4. The van der Waals surface area contributed by atoms with Crippen molar-refractivity contribution in [2.24, 2.45) is 11.7 Å². The number of sulfonamides is 1. The minimum atomic E-state index is -3.43. The van der Waals surface area contributed by atoms with E-state index < -0.39 is 10.0 Å². The summed E-state index contributed by atoms with van der Waals surface area (Å²) >= 11 is 6.78. The highest BCUT2D eigenvalue weighted by atomic mass is 32.2. The van der Waals surface area contributed by atoms with Gasteiger partial charge in [0, 0.05) is 13.0 Å². The largest absolute Gasteiger partial charge is 0.393 e. The lowest BCUT2D eigenvalue weighted by molar-refractivity contribution is 0.476. The first-order chi connectivity index (χ1) is 9.97. The zero-order chi connectivity index (χ0) is 15.3. The van der Waals surface area contributed by atoms with Crippen LogP contribution in [0.2, 0.25) is 0 Å². The highest BCUT2D eigenvalue weighted by Crippen LogP contribution is 2.22. The van der Waals surface area contributed by atoms with Crippen LogP contribution in [0.4, 0.5) is 0 Å². The Morgan fingerprint density at radius 3 is 2.48 bits per heavy atom. The van der Waals surface area contributed by atoms with Gasteiger partial charge in [0.15, 0.2) is 0 Å². The molecule has 1 aromatic carbocycles. The average Bonchev–Trinajstić information content (AvgIpc) is 2.46. The summed E-state index contributed by atoms with van der Waals surface area (Å²) in [4.78, 5) is 0.693. The second kappa shape index (κ2) is 7.58. The Morgan fingerprint density at radius 1 is 1.29 bits per heavy atom. The summed E-state index contributed by atoms with van der Waals surface area (Å²) in [6, 6.07) is 6.72. The molecular formula is C14H20N2O2S3. The third-order valence-electron chi connectivity index (χ3n) is 3.51. The fourth-order valence-electron chi connectivity index (χ4n) is 2.25. The van der Waals surface area contributed by atoms with Crippen molar-refractivity contribution < 1.29 is 8.42 Å². The highest BCUT2D eigenvalue weighted by molar-refractivity contribution is 7.99. The molecule has 1 aromatic rings. The van der Waals surface area contributed by atoms with Crippen LogP contribution in [0.5, 0.6) is 0 Å². The van der Waals surface area contributed by atoms with E-state index in [9.17, 15) is 8.42 Å². The van der Waals surface area contributed by atoms with Gasteiger partial charge in [-0.05, 0) is 48.0 Å². The van der Waals surface area contributed by atoms with Gasteiger partial charge in [-0.2, -0.15) is 11.8 Å². The first-order valence-electron chi connectivity index (χ1n) is 6.92. The molecule has 1 fully saturated rings. The van der Waals surface area contributed by atoms with Crippen molar-refractivity contribution in [3.8, 4) is 0 Å². The third-order valence-corrected chi connectivity index (χ3v) is 6.15. The van der Waals surface area contributed by atoms with Crippen molar-refractivity contribution in [1.82, 2.24) is 4.72 Å². The Morgan fingerprint density at radius 2 is 1.90 bits per heavy atom. The van der Waals surface area contributed by atoms with Crippen LogP contribution < -0.4 is 10.5 Å². The molecule has 1 heterocycles. The summed E-state index contributed by atoms with van der Waals surface area (Å²) in [5.74, 6) is 2.70. The summed E-state index contributed by atoms with van der Waals surface area (Å²) < 4.78 is 27.2. The molecule has 0 aliphatic carbocycles. The van der Waals surface area contributed by atoms with Gasteiger partial charge in [0.05, 0.1) is 9.88 Å². The molecule has 0 atom stereocenters. The van der Waals surface area contributed by atoms with Gasteiger partial charge < -0.3 is 5.73 Å². The van der Waals surface area contributed by atoms with Crippen molar-refractivity contribution in [3.63, 3.8) is 0 Å². The Balaban J connectivity index is 1.96. The molecule has 0 spiro atoms. The zero-order valence-corrected chi connectivity index (χ0v) is 14.2. The number of nitrogens with two attached hydrogens (primary N) is 1. The molecule has 21 heavy (non-hydrogen) atoms. The van der Waals surface area contributed by atoms with E-state index in [1.807, 2.05) is 11.8 Å². The van der Waals surface area contributed by atoms with Crippen LogP contribution in [0.3, 0.4) is 0 Å². The molecule has 1 aliphatic heterocycles. The molecular weight excluding hydrogens is 324 g/mol. The van der Waals surface area contributed by atoms with Crippen LogP contribution in [-0.4, -0.2) is 31.5 Å². The normalized spacial score (nSPS) is 16.8. The van der Waals surface area contributed by atoms with Crippen LogP contribution in [0.1, 0.15) is 18.4 Å². The number of benzene rings is 1. The molecule has 0 saturated carbocycles. The summed E-state index contributed by atoms with van der Waals surface area (Å²) in [5.41, 5.74) is 6.40. The first kappa shape index (κ1) is 16.7. The molecule has 1 saturated heterocycles. The van der Waals surface area contributed by atoms with Crippen LogP contribution >= 0.6 is 24.0 Å². The third kappa shape index (κ3) is 5.25. The number of rotatable bonds is 6. The van der Waals surface area contributed by atoms with Crippen LogP contribution in [0.15, 0.2) is 29.2 Å². The molecule has 0 radical (unpaired) electrons. The number of thiocarbonyl (C=S) groups is 1. The minimum absolute atomic E-state index is 0.291. The molecule has 1 aliphatic rings. The molecule has 2 rings (SSSR count). The molecule has 3 N–H and O–H groups in total. The average molecular weight is 345 g/mol. The second-order valence-corrected chi connectivity index (χ2v) is 8.71. The van der Waals surface area contributed by atoms with E-state index >= 15 is 0 Å². The smallest absolute Gasteiger partial charge is 0.240 e. The Hall–Kier alpha value is -0.630. The predicted molar refractivity (Wildman–Crippen MR) is 92.2 cm³/mol. The molecule has 116 valence electrons. The van der Waals surface area contributed by atoms with Gasteiger partial charge in [-0.25, -0.2) is 13.1 Å². The van der Waals surface area contributed by atoms with Crippen molar-refractivity contribution >= 4 is 39.0 Å². The van der Waals surface area contributed by atoms with Gasteiger partial charge in [0.25, 0.3) is 0 Å². The van der Waals surface area contributed by atoms with Crippen molar-refractivity contribution in [2.45, 2.75) is 24.2 Å². The second-order valence-electron chi connectivity index (χ2n) is 5.19. The maximum atomic E-state index is 12.2. The fraction of sp³-hybridized carbons (Fsp3) is 0.500. The molecule has 7 heteroatoms. The fourth-order valence-corrected chi connectivity index (χ4v) is 4.74. The summed E-state index contributed by atoms with van der Waals surface area (Å²) in [7, 11) is -3.43. The van der Waals surface area contributed by atoms with Gasteiger partial charge in [0.2, 0.25) is 10.0 Å². The van der Waals surface area contributed by atoms with Crippen LogP contribution in [-0.2, 0) is 16.4 Å². The van der Waals surface area contributed by atoms with Crippen molar-refractivity contribution in [3.05, 3.63) is 29.8 Å². The number of thioether (sulfide) groups is 1. The Labute approximate surface area is 135 Å². The molecule has 0 aromatic heterocycles. The minimum Gasteiger partial charge on any atom is -0.393 e. The maximum absolute atomic E-state index is 12.2. The van der Waals surface area contributed by atoms with E-state index in [4.69, 9.17) is 18.0 Å². The standard InChI is InChI=1S/C14H20N2O2S3/c15-14(19)9-11-1-3-13(4-2-11)21(17,18)16-10-12-5-7-20-8-6-12/h1-4,12,16H,5-10H2,(H2,15,19). The summed E-state index contributed by atoms with van der Waals surface area (Å²) in [6.45, 7) is 0.525. The molecule has 4 nitrogen and oxygen atoms in total. The van der Waals surface area contributed by atoms with E-state index in [0.717, 1.165) is 29.9 Å². The van der Waals surface area contributed by atoms with E-state index in [1.54, 1.807) is 24.3 Å². The first-order valence-corrected chi connectivity index (χ1v) is 9.96. The predicted octanol–water partition coefficient (Wildman–Crippen LogP) is 1.94. The van der Waals surface area contributed by atoms with Crippen LogP contribution in [0, 0.1) is 5.92 Å². The van der Waals surface area contributed by atoms with Crippen LogP contribution in [0.25, 0.3) is 0 Å². The van der Waals surface area contributed by atoms with E-state index in [0.29, 0.717) is 28.8 Å². The molecule has 0 unspecified atom stereocenters. The van der Waals surface area contributed by atoms with Gasteiger partial charge in [-0.3, -0.25) is 0 Å². The van der Waals surface area contributed by atoms with Gasteiger partial charge in [0.1, 0.15) is 0 Å². The number of hydrogen-bond donors (Lipinski definition) is 2. The van der Waals surface area contributed by atoms with Crippen molar-refractivity contribution in [2.75, 3.05) is 18.1 Å². The quantitative estimate of drug-likeness (QED) is 0.772. The van der Waals surface area contributed by atoms with E-state index in [1.165, 1.54) is 0 Å². The van der Waals surface area contributed by atoms with Gasteiger partial charge in [-0.1, -0.05) is 24.4 Å². The topological polar surface area (TPSA) is 72.2 Å². The monoisotopic (exact) mass is 344 g/mol. The molecule has 0 bridgehead atoms. The highest BCUT2D eigenvalue weighted by Gasteiger charge is 2.18. The number of nitrogens with one attached hydrogen (secondary N) is 1. The van der Waals surface area contributed by atoms with E-state index in [2.05, 4.69) is 4.72 Å². The van der Waals surface area contributed by atoms with Gasteiger partial charge >= 0.3 is 0 Å². The van der Waals surface area contributed by atoms with E-state index in [-0.39, 0.29) is 0 Å². The lowest BCUT2D eigenvalue weighted by Crippen LogP contribution is -2.31. The summed E-state index contributed by atoms with van der Waals surface area (Å²) in [5, 5.41) is 0. The zero-order valence-electron chi connectivity index (χ0n) is 11.7. The lowest BCUT2D eigenvalue weighted by atomic mass is 10.0.